The molecule has 0 radical (unpaired) electrons. The lowest BCUT2D eigenvalue weighted by Gasteiger charge is -2.23. The number of rotatable bonds is 5. The predicted molar refractivity (Wildman–Crippen MR) is 67.3 cm³/mol. The van der Waals surface area contributed by atoms with E-state index in [1.807, 2.05) is 18.8 Å². The smallest absolute Gasteiger partial charge is 0.148 e. The van der Waals surface area contributed by atoms with E-state index in [-0.39, 0.29) is 5.75 Å². The summed E-state index contributed by atoms with van der Waals surface area (Å²) in [5, 5.41) is 0.774. The average Bonchev–Trinajstić information content (AvgIpc) is 2.61. The first kappa shape index (κ1) is 13.3. The fraction of sp³-hybridized carbons (Fsp3) is 1.00. The highest BCUT2D eigenvalue weighted by Crippen LogP contribution is 2.30. The van der Waals surface area contributed by atoms with Crippen LogP contribution in [0, 0.1) is 0 Å². The Morgan fingerprint density at radius 2 is 2.07 bits per heavy atom. The summed E-state index contributed by atoms with van der Waals surface area (Å²) in [4.78, 5) is 2.21. The molecule has 2 atom stereocenters. The summed E-state index contributed by atoms with van der Waals surface area (Å²) in [7, 11) is -0.774. The third-order valence-electron chi connectivity index (χ3n) is 3.13. The fourth-order valence-electron chi connectivity index (χ4n) is 2.02. The van der Waals surface area contributed by atoms with Crippen LogP contribution in [0.3, 0.4) is 0 Å². The largest absolute Gasteiger partial charge is 0.302 e. The molecule has 3 nitrogen and oxygen atoms in total. The van der Waals surface area contributed by atoms with Crippen LogP contribution >= 0.6 is 11.8 Å². The lowest BCUT2D eigenvalue weighted by molar-refractivity contribution is 0.259. The van der Waals surface area contributed by atoms with Crippen LogP contribution in [-0.4, -0.2) is 56.5 Å². The van der Waals surface area contributed by atoms with Crippen molar-refractivity contribution in [1.82, 2.24) is 4.90 Å². The van der Waals surface area contributed by atoms with Crippen molar-refractivity contribution in [3.05, 3.63) is 0 Å². The van der Waals surface area contributed by atoms with Gasteiger partial charge in [0.25, 0.3) is 0 Å². The third kappa shape index (κ3) is 4.74. The van der Waals surface area contributed by atoms with Gasteiger partial charge in [0.2, 0.25) is 0 Å². The monoisotopic (exact) mass is 251 g/mol. The Bertz CT molecular complexity index is 290. The Kier molecular flexibility index (Phi) is 4.93. The van der Waals surface area contributed by atoms with Crippen molar-refractivity contribution in [3.63, 3.8) is 0 Å². The van der Waals surface area contributed by atoms with Crippen LogP contribution in [-0.2, 0) is 9.84 Å². The molecule has 0 aromatic carbocycles. The van der Waals surface area contributed by atoms with E-state index < -0.39 is 9.84 Å². The van der Waals surface area contributed by atoms with Gasteiger partial charge in [0.15, 0.2) is 0 Å². The van der Waals surface area contributed by atoms with Crippen molar-refractivity contribution in [1.29, 1.82) is 0 Å². The van der Waals surface area contributed by atoms with E-state index in [4.69, 9.17) is 0 Å². The summed E-state index contributed by atoms with van der Waals surface area (Å²) in [5.74, 6) is 0.282. The molecular weight excluding hydrogens is 230 g/mol. The van der Waals surface area contributed by atoms with Gasteiger partial charge >= 0.3 is 0 Å². The van der Waals surface area contributed by atoms with Crippen LogP contribution in [0.25, 0.3) is 0 Å². The zero-order valence-corrected chi connectivity index (χ0v) is 11.4. The standard InChI is InChI=1S/C10H21NO2S2/c1-11(6-7-15(3,12)13)9-4-5-10(8-9)14-2/h9-10H,4-8H2,1-3H3. The normalized spacial score (nSPS) is 27.5. The molecule has 0 amide bonds. The number of sulfone groups is 1. The molecule has 90 valence electrons. The molecule has 15 heavy (non-hydrogen) atoms. The van der Waals surface area contributed by atoms with Crippen molar-refractivity contribution >= 4 is 21.6 Å². The number of hydrogen-bond acceptors (Lipinski definition) is 4. The Hall–Kier alpha value is 0.260. The van der Waals surface area contributed by atoms with E-state index in [9.17, 15) is 8.42 Å². The second-order valence-corrected chi connectivity index (χ2v) is 7.83. The molecule has 2 unspecified atom stereocenters. The maximum absolute atomic E-state index is 11.0. The summed E-state index contributed by atoms with van der Waals surface area (Å²) in [5.41, 5.74) is 0. The molecule has 0 aliphatic heterocycles. The Morgan fingerprint density at radius 3 is 2.53 bits per heavy atom. The molecular formula is C10H21NO2S2. The van der Waals surface area contributed by atoms with Gasteiger partial charge in [-0.3, -0.25) is 0 Å². The zero-order chi connectivity index (χ0) is 11.5. The van der Waals surface area contributed by atoms with E-state index >= 15 is 0 Å². The van der Waals surface area contributed by atoms with Crippen molar-refractivity contribution in [2.24, 2.45) is 0 Å². The summed E-state index contributed by atoms with van der Waals surface area (Å²) in [6, 6.07) is 0.587. The second kappa shape index (κ2) is 5.55. The summed E-state index contributed by atoms with van der Waals surface area (Å²) < 4.78 is 22.1. The van der Waals surface area contributed by atoms with Crippen LogP contribution in [0.4, 0.5) is 0 Å². The van der Waals surface area contributed by atoms with Crippen molar-refractivity contribution in [2.75, 3.05) is 31.9 Å². The van der Waals surface area contributed by atoms with Crippen LogP contribution in [0.5, 0.6) is 0 Å². The Balaban J connectivity index is 2.32. The zero-order valence-electron chi connectivity index (χ0n) is 9.77. The van der Waals surface area contributed by atoms with Gasteiger partial charge in [-0.05, 0) is 32.6 Å². The molecule has 0 aromatic rings. The highest BCUT2D eigenvalue weighted by atomic mass is 32.2. The molecule has 0 saturated heterocycles. The SMILES string of the molecule is CSC1CCC(N(C)CCS(C)(=O)=O)C1. The molecule has 5 heteroatoms. The molecule has 0 heterocycles. The quantitative estimate of drug-likeness (QED) is 0.737. The van der Waals surface area contributed by atoms with E-state index in [1.165, 1.54) is 25.5 Å². The van der Waals surface area contributed by atoms with Crippen LogP contribution in [0.2, 0.25) is 0 Å². The maximum Gasteiger partial charge on any atom is 0.148 e. The highest BCUT2D eigenvalue weighted by molar-refractivity contribution is 7.99. The molecule has 1 aliphatic carbocycles. The van der Waals surface area contributed by atoms with Crippen LogP contribution in [0.15, 0.2) is 0 Å². The van der Waals surface area contributed by atoms with E-state index in [0.717, 1.165) is 5.25 Å². The van der Waals surface area contributed by atoms with Crippen molar-refractivity contribution in [3.8, 4) is 0 Å². The van der Waals surface area contributed by atoms with Gasteiger partial charge in [0.05, 0.1) is 5.75 Å². The van der Waals surface area contributed by atoms with Crippen LogP contribution in [0.1, 0.15) is 19.3 Å². The molecule has 1 saturated carbocycles. The van der Waals surface area contributed by atoms with Gasteiger partial charge < -0.3 is 4.90 Å². The topological polar surface area (TPSA) is 37.4 Å². The Labute approximate surface area is 97.5 Å². The molecule has 0 spiro atoms. The maximum atomic E-state index is 11.0. The summed E-state index contributed by atoms with van der Waals surface area (Å²) in [6.07, 6.45) is 7.16. The van der Waals surface area contributed by atoms with E-state index in [1.54, 1.807) is 0 Å². The number of hydrogen-bond donors (Lipinski definition) is 0. The summed E-state index contributed by atoms with van der Waals surface area (Å²) in [6.45, 7) is 0.671. The van der Waals surface area contributed by atoms with Crippen molar-refractivity contribution < 1.29 is 8.42 Å². The molecule has 0 bridgehead atoms. The van der Waals surface area contributed by atoms with Gasteiger partial charge in [-0.15, -0.1) is 0 Å². The third-order valence-corrected chi connectivity index (χ3v) is 5.15. The first-order chi connectivity index (χ1) is 6.92. The summed E-state index contributed by atoms with van der Waals surface area (Å²) >= 11 is 1.93. The first-order valence-corrected chi connectivity index (χ1v) is 8.68. The predicted octanol–water partition coefficient (Wildman–Crippen LogP) is 1.25. The van der Waals surface area contributed by atoms with Crippen LogP contribution < -0.4 is 0 Å². The van der Waals surface area contributed by atoms with Gasteiger partial charge in [-0.2, -0.15) is 11.8 Å². The molecule has 0 N–H and O–H groups in total. The highest BCUT2D eigenvalue weighted by Gasteiger charge is 2.26. The van der Waals surface area contributed by atoms with E-state index in [0.29, 0.717) is 12.6 Å². The van der Waals surface area contributed by atoms with Gasteiger partial charge in [0.1, 0.15) is 9.84 Å². The lowest BCUT2D eigenvalue weighted by atomic mass is 10.2. The molecule has 1 aliphatic rings. The minimum atomic E-state index is -2.81. The molecule has 1 fully saturated rings. The second-order valence-electron chi connectivity index (χ2n) is 4.44. The van der Waals surface area contributed by atoms with Gasteiger partial charge in [-0.25, -0.2) is 8.42 Å². The van der Waals surface area contributed by atoms with E-state index in [2.05, 4.69) is 11.2 Å². The van der Waals surface area contributed by atoms with Gasteiger partial charge in [0, 0.05) is 24.1 Å². The Morgan fingerprint density at radius 1 is 1.40 bits per heavy atom. The molecule has 1 rings (SSSR count). The average molecular weight is 251 g/mol. The number of nitrogens with zero attached hydrogens (tertiary/aromatic N) is 1. The number of thioether (sulfide) groups is 1. The molecule has 0 aromatic heterocycles. The first-order valence-electron chi connectivity index (χ1n) is 5.33. The minimum Gasteiger partial charge on any atom is -0.302 e. The van der Waals surface area contributed by atoms with Crippen molar-refractivity contribution in [2.45, 2.75) is 30.6 Å². The minimum absolute atomic E-state index is 0.282. The lowest BCUT2D eigenvalue weighted by Crippen LogP contribution is -2.33. The fourth-order valence-corrected chi connectivity index (χ4v) is 3.43. The van der Waals surface area contributed by atoms with Gasteiger partial charge in [-0.1, -0.05) is 0 Å².